The van der Waals surface area contributed by atoms with Gasteiger partial charge in [0, 0.05) is 6.04 Å². The Kier molecular flexibility index (Phi) is 2.87. The van der Waals surface area contributed by atoms with Crippen molar-refractivity contribution in [3.8, 4) is 0 Å². The lowest BCUT2D eigenvalue weighted by atomic mass is 9.99. The Morgan fingerprint density at radius 1 is 1.21 bits per heavy atom. The van der Waals surface area contributed by atoms with E-state index >= 15 is 0 Å². The third kappa shape index (κ3) is 1.98. The van der Waals surface area contributed by atoms with Gasteiger partial charge in [0.25, 0.3) is 0 Å². The van der Waals surface area contributed by atoms with Crippen LogP contribution in [0, 0.1) is 0 Å². The summed E-state index contributed by atoms with van der Waals surface area (Å²) < 4.78 is 0. The molecule has 1 atom stereocenters. The van der Waals surface area contributed by atoms with Gasteiger partial charge in [-0.05, 0) is 48.8 Å². The molecule has 2 rings (SSSR count). The molecule has 0 radical (unpaired) electrons. The second kappa shape index (κ2) is 4.14. The maximum absolute atomic E-state index is 5.98. The minimum Gasteiger partial charge on any atom is -0.328 e. The van der Waals surface area contributed by atoms with Crippen LogP contribution >= 0.6 is 0 Å². The Balaban J connectivity index is 2.27. The summed E-state index contributed by atoms with van der Waals surface area (Å²) in [5, 5.41) is 0. The van der Waals surface area contributed by atoms with Crippen molar-refractivity contribution >= 4 is 0 Å². The zero-order valence-electron chi connectivity index (χ0n) is 8.92. The number of hydrogen-bond donors (Lipinski definition) is 1. The summed E-state index contributed by atoms with van der Waals surface area (Å²) in [5.74, 6) is 0. The fourth-order valence-corrected chi connectivity index (χ4v) is 2.20. The third-order valence-corrected chi connectivity index (χ3v) is 3.25. The normalized spacial score (nSPS) is 21.4. The van der Waals surface area contributed by atoms with E-state index < -0.39 is 0 Å². The van der Waals surface area contributed by atoms with Gasteiger partial charge in [-0.15, -0.1) is 0 Å². The highest BCUT2D eigenvalue weighted by Gasteiger charge is 2.12. The number of rotatable bonds is 1. The molecule has 0 bridgehead atoms. The quantitative estimate of drug-likeness (QED) is 0.675. The number of fused-ring (bicyclic) bond motifs is 1. The molecule has 0 fully saturated rings. The predicted molar refractivity (Wildman–Crippen MR) is 60.4 cm³/mol. The van der Waals surface area contributed by atoms with Crippen LogP contribution in [0.4, 0.5) is 0 Å². The van der Waals surface area contributed by atoms with Crippen LogP contribution < -0.4 is 5.73 Å². The summed E-state index contributed by atoms with van der Waals surface area (Å²) in [6, 6.07) is 7.34. The zero-order chi connectivity index (χ0) is 9.97. The molecule has 1 nitrogen and oxygen atoms in total. The lowest BCUT2D eigenvalue weighted by Crippen LogP contribution is -2.19. The molecule has 0 saturated heterocycles. The van der Waals surface area contributed by atoms with Crippen LogP contribution in [0.25, 0.3) is 0 Å². The van der Waals surface area contributed by atoms with Crippen LogP contribution in [0.5, 0.6) is 0 Å². The standard InChI is InChI=1S/C13H19N/c1-2-10-3-4-11-5-7-13(14)8-6-12(11)9-10/h3-4,9,13H,2,5-8,14H2,1H3. The monoisotopic (exact) mass is 189 g/mol. The molecule has 1 heteroatoms. The van der Waals surface area contributed by atoms with Crippen molar-refractivity contribution in [1.82, 2.24) is 0 Å². The Morgan fingerprint density at radius 2 is 1.93 bits per heavy atom. The highest BCUT2D eigenvalue weighted by atomic mass is 14.6. The smallest absolute Gasteiger partial charge is 0.00451 e. The van der Waals surface area contributed by atoms with Crippen LogP contribution in [-0.4, -0.2) is 6.04 Å². The number of nitrogens with two attached hydrogens (primary N) is 1. The Labute approximate surface area is 86.3 Å². The van der Waals surface area contributed by atoms with Crippen molar-refractivity contribution in [1.29, 1.82) is 0 Å². The SMILES string of the molecule is CCc1ccc2c(c1)CCC(N)CC2. The lowest BCUT2D eigenvalue weighted by molar-refractivity contribution is 0.589. The van der Waals surface area contributed by atoms with Crippen molar-refractivity contribution in [2.24, 2.45) is 5.73 Å². The lowest BCUT2D eigenvalue weighted by Gasteiger charge is -2.06. The van der Waals surface area contributed by atoms with Gasteiger partial charge in [-0.2, -0.15) is 0 Å². The van der Waals surface area contributed by atoms with Gasteiger partial charge in [0.1, 0.15) is 0 Å². The minimum absolute atomic E-state index is 0.410. The van der Waals surface area contributed by atoms with E-state index in [9.17, 15) is 0 Å². The maximum Gasteiger partial charge on any atom is 0.00451 e. The van der Waals surface area contributed by atoms with Crippen LogP contribution in [0.1, 0.15) is 36.5 Å². The Bertz CT molecular complexity index is 317. The molecule has 2 N–H and O–H groups in total. The molecule has 1 unspecified atom stereocenters. The van der Waals surface area contributed by atoms with Crippen LogP contribution in [0.15, 0.2) is 18.2 Å². The highest BCUT2D eigenvalue weighted by Crippen LogP contribution is 2.21. The van der Waals surface area contributed by atoms with E-state index in [0.717, 1.165) is 19.3 Å². The van der Waals surface area contributed by atoms with E-state index in [1.54, 1.807) is 0 Å². The highest BCUT2D eigenvalue weighted by molar-refractivity contribution is 5.33. The summed E-state index contributed by atoms with van der Waals surface area (Å²) in [7, 11) is 0. The van der Waals surface area contributed by atoms with Crippen molar-refractivity contribution in [2.45, 2.75) is 45.1 Å². The van der Waals surface area contributed by atoms with E-state index in [-0.39, 0.29) is 0 Å². The van der Waals surface area contributed by atoms with E-state index in [2.05, 4.69) is 25.1 Å². The molecule has 0 aliphatic heterocycles. The molecular formula is C13H19N. The first-order valence-electron chi connectivity index (χ1n) is 5.66. The van der Waals surface area contributed by atoms with Gasteiger partial charge >= 0.3 is 0 Å². The first-order valence-corrected chi connectivity index (χ1v) is 5.66. The third-order valence-electron chi connectivity index (χ3n) is 3.25. The summed E-state index contributed by atoms with van der Waals surface area (Å²) in [6.45, 7) is 2.21. The van der Waals surface area contributed by atoms with E-state index in [0.29, 0.717) is 6.04 Å². The molecular weight excluding hydrogens is 170 g/mol. The minimum atomic E-state index is 0.410. The molecule has 1 aliphatic rings. The van der Waals surface area contributed by atoms with Crippen LogP contribution in [0.3, 0.4) is 0 Å². The Morgan fingerprint density at radius 3 is 2.64 bits per heavy atom. The molecule has 1 aliphatic carbocycles. The van der Waals surface area contributed by atoms with Crippen LogP contribution in [-0.2, 0) is 19.3 Å². The molecule has 76 valence electrons. The molecule has 0 aromatic heterocycles. The summed E-state index contributed by atoms with van der Waals surface area (Å²) in [4.78, 5) is 0. The molecule has 0 amide bonds. The van der Waals surface area contributed by atoms with Crippen molar-refractivity contribution in [3.05, 3.63) is 34.9 Å². The maximum atomic E-state index is 5.98. The molecule has 0 spiro atoms. The van der Waals surface area contributed by atoms with Crippen LogP contribution in [0.2, 0.25) is 0 Å². The van der Waals surface area contributed by atoms with Gasteiger partial charge in [-0.3, -0.25) is 0 Å². The van der Waals surface area contributed by atoms with Gasteiger partial charge in [-0.25, -0.2) is 0 Å². The van der Waals surface area contributed by atoms with E-state index in [1.165, 1.54) is 29.5 Å². The molecule has 1 aromatic rings. The second-order valence-corrected chi connectivity index (χ2v) is 4.29. The molecule has 14 heavy (non-hydrogen) atoms. The number of aryl methyl sites for hydroxylation is 3. The van der Waals surface area contributed by atoms with Crippen molar-refractivity contribution < 1.29 is 0 Å². The summed E-state index contributed by atoms with van der Waals surface area (Å²) in [6.07, 6.45) is 5.78. The summed E-state index contributed by atoms with van der Waals surface area (Å²) in [5.41, 5.74) is 10.5. The number of hydrogen-bond acceptors (Lipinski definition) is 1. The largest absolute Gasteiger partial charge is 0.328 e. The second-order valence-electron chi connectivity index (χ2n) is 4.29. The van der Waals surface area contributed by atoms with E-state index in [4.69, 9.17) is 5.73 Å². The fraction of sp³-hybridized carbons (Fsp3) is 0.538. The van der Waals surface area contributed by atoms with Crippen molar-refractivity contribution in [3.63, 3.8) is 0 Å². The average Bonchev–Trinajstić information content (AvgIpc) is 2.40. The van der Waals surface area contributed by atoms with Crippen molar-refractivity contribution in [2.75, 3.05) is 0 Å². The van der Waals surface area contributed by atoms with E-state index in [1.807, 2.05) is 0 Å². The molecule has 0 heterocycles. The first-order chi connectivity index (χ1) is 6.79. The predicted octanol–water partition coefficient (Wildman–Crippen LogP) is 2.46. The fourth-order valence-electron chi connectivity index (χ4n) is 2.20. The molecule has 1 aromatic carbocycles. The average molecular weight is 189 g/mol. The summed E-state index contributed by atoms with van der Waals surface area (Å²) >= 11 is 0. The first kappa shape index (κ1) is 9.72. The van der Waals surface area contributed by atoms with Gasteiger partial charge < -0.3 is 5.73 Å². The van der Waals surface area contributed by atoms with Gasteiger partial charge in [0.05, 0.1) is 0 Å². The van der Waals surface area contributed by atoms with Gasteiger partial charge in [0.2, 0.25) is 0 Å². The number of benzene rings is 1. The van der Waals surface area contributed by atoms with Gasteiger partial charge in [-0.1, -0.05) is 25.1 Å². The zero-order valence-corrected chi connectivity index (χ0v) is 8.92. The Hall–Kier alpha value is -0.820. The topological polar surface area (TPSA) is 26.0 Å². The van der Waals surface area contributed by atoms with Gasteiger partial charge in [0.15, 0.2) is 0 Å². The molecule has 0 saturated carbocycles.